The third-order valence-corrected chi connectivity index (χ3v) is 2.40. The van der Waals surface area contributed by atoms with Crippen molar-refractivity contribution >= 4 is 17.0 Å². The van der Waals surface area contributed by atoms with Crippen LogP contribution < -0.4 is 15.2 Å². The third-order valence-electron chi connectivity index (χ3n) is 2.01. The second kappa shape index (κ2) is 5.83. The summed E-state index contributed by atoms with van der Waals surface area (Å²) < 4.78 is 28.5. The smallest absolute Gasteiger partial charge is 0.142 e. The first-order chi connectivity index (χ1) is 7.52. The molecule has 16 heavy (non-hydrogen) atoms. The van der Waals surface area contributed by atoms with Crippen molar-refractivity contribution in [3.8, 4) is 5.75 Å². The van der Waals surface area contributed by atoms with Gasteiger partial charge in [-0.05, 0) is 31.0 Å². The summed E-state index contributed by atoms with van der Waals surface area (Å²) in [6.07, 6.45) is 0.685. The van der Waals surface area contributed by atoms with Crippen LogP contribution in [0.15, 0.2) is 18.2 Å². The molecule has 0 saturated carbocycles. The van der Waals surface area contributed by atoms with Crippen LogP contribution in [0.25, 0.3) is 0 Å². The van der Waals surface area contributed by atoms with Gasteiger partial charge in [0.1, 0.15) is 5.75 Å². The van der Waals surface area contributed by atoms with Crippen LogP contribution in [0.3, 0.4) is 0 Å². The number of benzene rings is 1. The summed E-state index contributed by atoms with van der Waals surface area (Å²) in [5.74, 6) is 0.484. The third kappa shape index (κ3) is 3.80. The molecule has 0 aliphatic heterocycles. The minimum atomic E-state index is -2.36. The van der Waals surface area contributed by atoms with Gasteiger partial charge in [-0.2, -0.15) is 0 Å². The SMILES string of the molecule is COc1ccc(CC(C)N)cc1NS(=O)[O-]. The molecule has 0 heterocycles. The van der Waals surface area contributed by atoms with Gasteiger partial charge in [-0.1, -0.05) is 6.07 Å². The molecule has 0 amide bonds. The number of nitrogens with one attached hydrogen (secondary N) is 1. The van der Waals surface area contributed by atoms with Gasteiger partial charge in [-0.15, -0.1) is 0 Å². The molecule has 0 aliphatic carbocycles. The van der Waals surface area contributed by atoms with Crippen molar-refractivity contribution in [3.05, 3.63) is 23.8 Å². The summed E-state index contributed by atoms with van der Waals surface area (Å²) in [6, 6.07) is 5.32. The quantitative estimate of drug-likeness (QED) is 0.748. The number of rotatable bonds is 5. The lowest BCUT2D eigenvalue weighted by atomic mass is 10.1. The average Bonchev–Trinajstić information content (AvgIpc) is 2.16. The first-order valence-corrected chi connectivity index (χ1v) is 5.89. The van der Waals surface area contributed by atoms with E-state index in [0.29, 0.717) is 17.9 Å². The topological polar surface area (TPSA) is 87.4 Å². The van der Waals surface area contributed by atoms with E-state index in [1.165, 1.54) is 7.11 Å². The fraction of sp³-hybridized carbons (Fsp3) is 0.400. The highest BCUT2D eigenvalue weighted by molar-refractivity contribution is 7.80. The fourth-order valence-corrected chi connectivity index (χ4v) is 1.76. The molecular weight excluding hydrogens is 228 g/mol. The van der Waals surface area contributed by atoms with Gasteiger partial charge >= 0.3 is 0 Å². The maximum absolute atomic E-state index is 10.6. The normalized spacial score (nSPS) is 14.2. The monoisotopic (exact) mass is 243 g/mol. The van der Waals surface area contributed by atoms with E-state index in [0.717, 1.165) is 5.56 Å². The molecule has 1 rings (SSSR count). The average molecular weight is 243 g/mol. The second-order valence-corrected chi connectivity index (χ2v) is 4.23. The molecular formula is C10H15N2O3S-. The van der Waals surface area contributed by atoms with Crippen LogP contribution in [-0.2, 0) is 17.7 Å². The Kier molecular flexibility index (Phi) is 4.72. The summed E-state index contributed by atoms with van der Waals surface area (Å²) in [5, 5.41) is 0. The molecule has 5 nitrogen and oxygen atoms in total. The minimum absolute atomic E-state index is 0.0268. The van der Waals surface area contributed by atoms with E-state index in [4.69, 9.17) is 10.5 Å². The molecule has 3 N–H and O–H groups in total. The van der Waals surface area contributed by atoms with Crippen LogP contribution in [0.5, 0.6) is 5.75 Å². The maximum Gasteiger partial charge on any atom is 0.142 e. The Morgan fingerprint density at radius 1 is 1.62 bits per heavy atom. The van der Waals surface area contributed by atoms with E-state index in [-0.39, 0.29) is 6.04 Å². The van der Waals surface area contributed by atoms with E-state index in [9.17, 15) is 8.76 Å². The van der Waals surface area contributed by atoms with Crippen molar-refractivity contribution in [2.75, 3.05) is 11.8 Å². The highest BCUT2D eigenvalue weighted by Gasteiger charge is 2.05. The second-order valence-electron chi connectivity index (χ2n) is 3.55. The van der Waals surface area contributed by atoms with Gasteiger partial charge in [-0.25, -0.2) is 0 Å². The molecule has 0 fully saturated rings. The lowest BCUT2D eigenvalue weighted by Crippen LogP contribution is -2.17. The Morgan fingerprint density at radius 3 is 2.81 bits per heavy atom. The highest BCUT2D eigenvalue weighted by Crippen LogP contribution is 2.26. The van der Waals surface area contributed by atoms with Gasteiger partial charge in [0.2, 0.25) is 0 Å². The molecule has 0 aromatic heterocycles. The zero-order chi connectivity index (χ0) is 12.1. The van der Waals surface area contributed by atoms with Crippen LogP contribution in [-0.4, -0.2) is 21.9 Å². The molecule has 2 atom stereocenters. The Morgan fingerprint density at radius 2 is 2.31 bits per heavy atom. The Balaban J connectivity index is 2.96. The number of nitrogens with two attached hydrogens (primary N) is 1. The van der Waals surface area contributed by atoms with E-state index < -0.39 is 11.3 Å². The number of hydrogen-bond donors (Lipinski definition) is 2. The van der Waals surface area contributed by atoms with Crippen LogP contribution >= 0.6 is 0 Å². The minimum Gasteiger partial charge on any atom is -0.755 e. The molecule has 2 unspecified atom stereocenters. The van der Waals surface area contributed by atoms with Crippen molar-refractivity contribution in [3.63, 3.8) is 0 Å². The van der Waals surface area contributed by atoms with Gasteiger partial charge in [0.25, 0.3) is 0 Å². The lowest BCUT2D eigenvalue weighted by Gasteiger charge is -2.14. The Bertz CT molecular complexity index is 382. The number of anilines is 1. The molecule has 0 spiro atoms. The largest absolute Gasteiger partial charge is 0.755 e. The van der Waals surface area contributed by atoms with Gasteiger partial charge in [-0.3, -0.25) is 4.21 Å². The summed E-state index contributed by atoms with van der Waals surface area (Å²) >= 11 is -2.36. The maximum atomic E-state index is 10.6. The first-order valence-electron chi connectivity index (χ1n) is 4.81. The zero-order valence-corrected chi connectivity index (χ0v) is 10.0. The standard InChI is InChI=1S/C10H16N2O3S/c1-7(11)5-8-3-4-10(15-2)9(6-8)12-16(13)14/h3-4,6-7,12H,5,11H2,1-2H3,(H,13,14)/p-1. The molecule has 0 bridgehead atoms. The van der Waals surface area contributed by atoms with E-state index >= 15 is 0 Å². The predicted octanol–water partition coefficient (Wildman–Crippen LogP) is 0.791. The summed E-state index contributed by atoms with van der Waals surface area (Å²) in [5.41, 5.74) is 7.06. The van der Waals surface area contributed by atoms with Gasteiger partial charge in [0, 0.05) is 17.3 Å². The van der Waals surface area contributed by atoms with E-state index in [1.54, 1.807) is 12.1 Å². The van der Waals surface area contributed by atoms with Crippen molar-refractivity contribution in [1.82, 2.24) is 0 Å². The van der Waals surface area contributed by atoms with Crippen molar-refractivity contribution < 1.29 is 13.5 Å². The number of methoxy groups -OCH3 is 1. The van der Waals surface area contributed by atoms with Gasteiger partial charge in [0.15, 0.2) is 0 Å². The molecule has 1 aromatic rings. The van der Waals surface area contributed by atoms with Crippen molar-refractivity contribution in [2.24, 2.45) is 5.73 Å². The molecule has 0 saturated heterocycles. The molecule has 1 aromatic carbocycles. The Labute approximate surface area is 97.4 Å². The number of hydrogen-bond acceptors (Lipinski definition) is 4. The fourth-order valence-electron chi connectivity index (χ4n) is 1.42. The highest BCUT2D eigenvalue weighted by atomic mass is 32.2. The summed E-state index contributed by atoms with van der Waals surface area (Å²) in [4.78, 5) is 0. The zero-order valence-electron chi connectivity index (χ0n) is 9.23. The van der Waals surface area contributed by atoms with E-state index in [2.05, 4.69) is 4.72 Å². The van der Waals surface area contributed by atoms with Crippen molar-refractivity contribution in [1.29, 1.82) is 0 Å². The number of ether oxygens (including phenoxy) is 1. The van der Waals surface area contributed by atoms with Crippen LogP contribution in [0.2, 0.25) is 0 Å². The van der Waals surface area contributed by atoms with E-state index in [1.807, 2.05) is 13.0 Å². The molecule has 90 valence electrons. The predicted molar refractivity (Wildman–Crippen MR) is 62.9 cm³/mol. The molecule has 0 radical (unpaired) electrons. The lowest BCUT2D eigenvalue weighted by molar-refractivity contribution is 0.416. The summed E-state index contributed by atoms with van der Waals surface area (Å²) in [6.45, 7) is 1.89. The summed E-state index contributed by atoms with van der Waals surface area (Å²) in [7, 11) is 1.49. The molecule has 0 aliphatic rings. The van der Waals surface area contributed by atoms with Crippen LogP contribution in [0.4, 0.5) is 5.69 Å². The van der Waals surface area contributed by atoms with Crippen LogP contribution in [0.1, 0.15) is 12.5 Å². The molecule has 6 heteroatoms. The van der Waals surface area contributed by atoms with Crippen molar-refractivity contribution in [2.45, 2.75) is 19.4 Å². The Hall–Kier alpha value is -1.11. The van der Waals surface area contributed by atoms with Gasteiger partial charge in [0.05, 0.1) is 12.8 Å². The van der Waals surface area contributed by atoms with Gasteiger partial charge < -0.3 is 19.7 Å². The first kappa shape index (κ1) is 13.0. The van der Waals surface area contributed by atoms with Crippen LogP contribution in [0, 0.1) is 0 Å².